The van der Waals surface area contributed by atoms with Crippen molar-refractivity contribution in [2.24, 2.45) is 0 Å². The van der Waals surface area contributed by atoms with Gasteiger partial charge in [-0.25, -0.2) is 13.5 Å². The van der Waals surface area contributed by atoms with Crippen molar-refractivity contribution in [2.75, 3.05) is 26.8 Å². The Morgan fingerprint density at radius 3 is 2.52 bits per heavy atom. The summed E-state index contributed by atoms with van der Waals surface area (Å²) in [5.74, 6) is -1.20. The summed E-state index contributed by atoms with van der Waals surface area (Å²) in [5.41, 5.74) is 2.34. The maximum atomic E-state index is 14.5. The van der Waals surface area contributed by atoms with E-state index in [1.165, 1.54) is 6.07 Å². The molecule has 33 heavy (non-hydrogen) atoms. The lowest BCUT2D eigenvalue weighted by molar-refractivity contribution is 0.0825. The fraction of sp³-hybridized carbons (Fsp3) is 0.400. The fourth-order valence-corrected chi connectivity index (χ4v) is 3.54. The zero-order valence-corrected chi connectivity index (χ0v) is 19.3. The first-order chi connectivity index (χ1) is 16.0. The van der Waals surface area contributed by atoms with Crippen LogP contribution in [-0.2, 0) is 17.7 Å². The number of rotatable bonds is 12. The Bertz CT molecular complexity index is 1030. The van der Waals surface area contributed by atoms with Crippen LogP contribution >= 0.6 is 0 Å². The Balaban J connectivity index is 2.07. The van der Waals surface area contributed by atoms with Crippen LogP contribution in [0.2, 0.25) is 0 Å². The average molecular weight is 460 g/mol. The second kappa shape index (κ2) is 11.9. The fourth-order valence-electron chi connectivity index (χ4n) is 3.54. The van der Waals surface area contributed by atoms with E-state index >= 15 is 0 Å². The van der Waals surface area contributed by atoms with Crippen molar-refractivity contribution in [3.8, 4) is 17.3 Å². The lowest BCUT2D eigenvalue weighted by Gasteiger charge is -2.25. The summed E-state index contributed by atoms with van der Waals surface area (Å²) in [6, 6.07) is 12.6. The maximum Gasteiger partial charge on any atom is 0.227 e. The van der Waals surface area contributed by atoms with Gasteiger partial charge in [0.1, 0.15) is 5.82 Å². The molecule has 3 rings (SSSR count). The summed E-state index contributed by atoms with van der Waals surface area (Å²) in [6.45, 7) is 5.88. The van der Waals surface area contributed by atoms with E-state index in [1.54, 1.807) is 11.8 Å². The van der Waals surface area contributed by atoms with E-state index in [9.17, 15) is 13.9 Å². The molecule has 0 saturated heterocycles. The summed E-state index contributed by atoms with van der Waals surface area (Å²) < 4.78 is 40.9. The smallest absolute Gasteiger partial charge is 0.227 e. The highest BCUT2D eigenvalue weighted by molar-refractivity contribution is 5.44. The van der Waals surface area contributed by atoms with Gasteiger partial charge in [0.25, 0.3) is 0 Å². The van der Waals surface area contributed by atoms with Gasteiger partial charge in [0, 0.05) is 32.8 Å². The van der Waals surface area contributed by atoms with E-state index in [0.29, 0.717) is 45.0 Å². The minimum atomic E-state index is -0.794. The molecule has 0 spiro atoms. The van der Waals surface area contributed by atoms with Crippen LogP contribution in [0.3, 0.4) is 0 Å². The molecular weight excluding hydrogens is 428 g/mol. The van der Waals surface area contributed by atoms with Gasteiger partial charge in [-0.1, -0.05) is 32.0 Å². The number of benzene rings is 2. The summed E-state index contributed by atoms with van der Waals surface area (Å²) >= 11 is 0. The maximum absolute atomic E-state index is 14.5. The third-order valence-electron chi connectivity index (χ3n) is 5.39. The van der Waals surface area contributed by atoms with Gasteiger partial charge in [0.15, 0.2) is 11.6 Å². The first-order valence-electron chi connectivity index (χ1n) is 11.1. The van der Waals surface area contributed by atoms with Crippen molar-refractivity contribution in [1.82, 2.24) is 14.7 Å². The molecule has 1 aromatic heterocycles. The normalized spacial score (nSPS) is 12.3. The number of aliphatic hydroxyl groups is 1. The molecule has 1 N–H and O–H groups in total. The molecule has 0 aliphatic heterocycles. The Hall–Kier alpha value is -2.81. The average Bonchev–Trinajstić information content (AvgIpc) is 3.16. The van der Waals surface area contributed by atoms with Crippen LogP contribution in [0.4, 0.5) is 8.78 Å². The summed E-state index contributed by atoms with van der Waals surface area (Å²) in [6.07, 6.45) is 0.763. The van der Waals surface area contributed by atoms with Crippen molar-refractivity contribution in [3.05, 3.63) is 71.4 Å². The monoisotopic (exact) mass is 459 g/mol. The second-order valence-corrected chi connectivity index (χ2v) is 7.80. The van der Waals surface area contributed by atoms with E-state index in [0.717, 1.165) is 29.1 Å². The number of para-hydroxylation sites is 1. The van der Waals surface area contributed by atoms with Gasteiger partial charge in [-0.3, -0.25) is 4.90 Å². The summed E-state index contributed by atoms with van der Waals surface area (Å²) in [5, 5.41) is 15.0. The van der Waals surface area contributed by atoms with Crippen LogP contribution in [0.5, 0.6) is 11.6 Å². The molecule has 0 amide bonds. The molecule has 0 aliphatic rings. The van der Waals surface area contributed by atoms with Gasteiger partial charge < -0.3 is 14.6 Å². The molecule has 3 aromatic rings. The number of aromatic nitrogens is 2. The second-order valence-electron chi connectivity index (χ2n) is 7.80. The highest BCUT2D eigenvalue weighted by Gasteiger charge is 2.24. The zero-order chi connectivity index (χ0) is 23.8. The molecule has 2 aromatic carbocycles. The third-order valence-corrected chi connectivity index (χ3v) is 5.39. The molecule has 0 saturated carbocycles. The van der Waals surface area contributed by atoms with E-state index < -0.39 is 17.7 Å². The highest BCUT2D eigenvalue weighted by Crippen LogP contribution is 2.33. The van der Waals surface area contributed by atoms with Crippen molar-refractivity contribution < 1.29 is 23.4 Å². The van der Waals surface area contributed by atoms with Gasteiger partial charge in [-0.2, -0.15) is 5.10 Å². The molecule has 1 unspecified atom stereocenters. The quantitative estimate of drug-likeness (QED) is 0.425. The van der Waals surface area contributed by atoms with E-state index in [-0.39, 0.29) is 5.75 Å². The lowest BCUT2D eigenvalue weighted by atomic mass is 10.1. The van der Waals surface area contributed by atoms with E-state index in [1.807, 2.05) is 44.2 Å². The van der Waals surface area contributed by atoms with Crippen LogP contribution in [-0.4, -0.2) is 52.7 Å². The number of methoxy groups -OCH3 is 1. The zero-order valence-electron chi connectivity index (χ0n) is 19.3. The van der Waals surface area contributed by atoms with Crippen LogP contribution in [0, 0.1) is 11.6 Å². The molecule has 0 fully saturated rings. The largest absolute Gasteiger partial charge is 0.435 e. The predicted molar refractivity (Wildman–Crippen MR) is 123 cm³/mol. The Kier molecular flexibility index (Phi) is 8.94. The standard InChI is InChI=1S/C25H31F2N3O3/c1-4-20(31)16-29(13-14-32-3)17-21-23(5-2)28-30(19-9-7-6-8-10-19)25(21)33-24-12-11-18(26)15-22(24)27/h6-12,15,20,31H,4-5,13-14,16-17H2,1-3H3. The SMILES string of the molecule is CCc1nn(-c2ccccc2)c(Oc2ccc(F)cc2F)c1CN(CCOC)CC(O)CC. The van der Waals surface area contributed by atoms with Gasteiger partial charge in [-0.15, -0.1) is 0 Å². The highest BCUT2D eigenvalue weighted by atomic mass is 19.1. The van der Waals surface area contributed by atoms with Crippen molar-refractivity contribution in [3.63, 3.8) is 0 Å². The van der Waals surface area contributed by atoms with Gasteiger partial charge >= 0.3 is 0 Å². The number of aryl methyl sites for hydroxylation is 1. The molecule has 0 radical (unpaired) electrons. The number of hydrogen-bond acceptors (Lipinski definition) is 5. The minimum absolute atomic E-state index is 0.0885. The Labute approximate surface area is 193 Å². The summed E-state index contributed by atoms with van der Waals surface area (Å²) in [4.78, 5) is 2.07. The van der Waals surface area contributed by atoms with Crippen LogP contribution in [0.15, 0.2) is 48.5 Å². The first-order valence-corrected chi connectivity index (χ1v) is 11.1. The number of hydrogen-bond donors (Lipinski definition) is 1. The van der Waals surface area contributed by atoms with Crippen LogP contribution in [0.1, 0.15) is 31.5 Å². The van der Waals surface area contributed by atoms with E-state index in [4.69, 9.17) is 14.6 Å². The number of aliphatic hydroxyl groups excluding tert-OH is 1. The summed E-state index contributed by atoms with van der Waals surface area (Å²) in [7, 11) is 1.63. The van der Waals surface area contributed by atoms with Gasteiger partial charge in [-0.05, 0) is 37.1 Å². The molecule has 1 heterocycles. The minimum Gasteiger partial charge on any atom is -0.435 e. The number of nitrogens with zero attached hydrogens (tertiary/aromatic N) is 3. The molecule has 8 heteroatoms. The lowest BCUT2D eigenvalue weighted by Crippen LogP contribution is -2.34. The molecule has 0 aliphatic carbocycles. The number of halogens is 2. The number of ether oxygens (including phenoxy) is 2. The van der Waals surface area contributed by atoms with Gasteiger partial charge in [0.05, 0.1) is 29.7 Å². The van der Waals surface area contributed by atoms with Gasteiger partial charge in [0.2, 0.25) is 5.88 Å². The molecule has 0 bridgehead atoms. The van der Waals surface area contributed by atoms with E-state index in [2.05, 4.69) is 4.90 Å². The first kappa shape index (κ1) is 24.8. The Morgan fingerprint density at radius 2 is 1.88 bits per heavy atom. The molecule has 1 atom stereocenters. The third kappa shape index (κ3) is 6.37. The molecule has 178 valence electrons. The molecule has 6 nitrogen and oxygen atoms in total. The predicted octanol–water partition coefficient (Wildman–Crippen LogP) is 4.72. The van der Waals surface area contributed by atoms with Crippen LogP contribution in [0.25, 0.3) is 5.69 Å². The molecular formula is C25H31F2N3O3. The topological polar surface area (TPSA) is 59.8 Å². The van der Waals surface area contributed by atoms with Crippen molar-refractivity contribution in [1.29, 1.82) is 0 Å². The van der Waals surface area contributed by atoms with Crippen molar-refractivity contribution in [2.45, 2.75) is 39.3 Å². The van der Waals surface area contributed by atoms with Crippen molar-refractivity contribution >= 4 is 0 Å². The Morgan fingerprint density at radius 1 is 1.12 bits per heavy atom. The van der Waals surface area contributed by atoms with Crippen LogP contribution < -0.4 is 4.74 Å².